The summed E-state index contributed by atoms with van der Waals surface area (Å²) in [5.74, 6) is 1.28. The van der Waals surface area contributed by atoms with Crippen LogP contribution in [0.1, 0.15) is 33.1 Å². The lowest BCUT2D eigenvalue weighted by Crippen LogP contribution is -2.09. The fourth-order valence-electron chi connectivity index (χ4n) is 1.87. The van der Waals surface area contributed by atoms with Gasteiger partial charge in [-0.1, -0.05) is 36.8 Å². The average molecular weight is 176 g/mol. The standard InChI is InChI=1S/C13H20/c1-5-11(4)13-8-6-12(7-9-13)10(2)3/h5,8,11-12H,1-2,6-7,9H2,3-4H3/t11?,12-/m1/s1. The molecule has 0 heterocycles. The minimum absolute atomic E-state index is 0.561. The first-order chi connectivity index (χ1) is 6.15. The first-order valence-electron chi connectivity index (χ1n) is 5.12. The van der Waals surface area contributed by atoms with Gasteiger partial charge in [-0.2, -0.15) is 0 Å². The van der Waals surface area contributed by atoms with E-state index in [1.165, 1.54) is 24.8 Å². The Morgan fingerprint density at radius 1 is 1.69 bits per heavy atom. The molecule has 0 aliphatic heterocycles. The Hall–Kier alpha value is -0.780. The number of allylic oxidation sites excluding steroid dienone is 4. The zero-order chi connectivity index (χ0) is 9.84. The zero-order valence-corrected chi connectivity index (χ0v) is 8.84. The van der Waals surface area contributed by atoms with Gasteiger partial charge >= 0.3 is 0 Å². The van der Waals surface area contributed by atoms with Gasteiger partial charge in [0.1, 0.15) is 0 Å². The molecule has 1 aliphatic rings. The van der Waals surface area contributed by atoms with Gasteiger partial charge in [0.25, 0.3) is 0 Å². The molecule has 0 amide bonds. The molecule has 0 bridgehead atoms. The zero-order valence-electron chi connectivity index (χ0n) is 8.84. The van der Waals surface area contributed by atoms with E-state index in [4.69, 9.17) is 0 Å². The highest BCUT2D eigenvalue weighted by molar-refractivity contribution is 5.16. The van der Waals surface area contributed by atoms with E-state index in [-0.39, 0.29) is 0 Å². The van der Waals surface area contributed by atoms with Crippen LogP contribution in [-0.4, -0.2) is 0 Å². The van der Waals surface area contributed by atoms with Crippen LogP contribution in [0, 0.1) is 11.8 Å². The van der Waals surface area contributed by atoms with Crippen LogP contribution in [0.4, 0.5) is 0 Å². The third kappa shape index (κ3) is 2.58. The Bertz CT molecular complexity index is 232. The Balaban J connectivity index is 2.57. The SMILES string of the molecule is C=CC(C)C1=CC[C@@H](C(=C)C)CC1. The molecule has 1 aliphatic carbocycles. The molecule has 0 N–H and O–H groups in total. The number of hydrogen-bond donors (Lipinski definition) is 0. The predicted molar refractivity (Wildman–Crippen MR) is 59.6 cm³/mol. The van der Waals surface area contributed by atoms with Crippen molar-refractivity contribution in [3.8, 4) is 0 Å². The van der Waals surface area contributed by atoms with E-state index in [0.29, 0.717) is 5.92 Å². The molecule has 0 nitrogen and oxygen atoms in total. The maximum atomic E-state index is 4.02. The highest BCUT2D eigenvalue weighted by atomic mass is 14.2. The molecule has 1 rings (SSSR count). The summed E-state index contributed by atoms with van der Waals surface area (Å²) in [6.45, 7) is 12.2. The van der Waals surface area contributed by atoms with Crippen molar-refractivity contribution in [2.75, 3.05) is 0 Å². The van der Waals surface area contributed by atoms with E-state index >= 15 is 0 Å². The molecule has 0 aromatic heterocycles. The van der Waals surface area contributed by atoms with Crippen LogP contribution < -0.4 is 0 Å². The maximum absolute atomic E-state index is 4.02. The minimum Gasteiger partial charge on any atom is -0.102 e. The smallest absolute Gasteiger partial charge is 0.00543 e. The quantitative estimate of drug-likeness (QED) is 0.568. The Kier molecular flexibility index (Phi) is 3.53. The van der Waals surface area contributed by atoms with Gasteiger partial charge < -0.3 is 0 Å². The highest BCUT2D eigenvalue weighted by Crippen LogP contribution is 2.31. The van der Waals surface area contributed by atoms with E-state index < -0.39 is 0 Å². The Morgan fingerprint density at radius 2 is 2.38 bits per heavy atom. The molecule has 0 fully saturated rings. The van der Waals surface area contributed by atoms with Crippen molar-refractivity contribution >= 4 is 0 Å². The van der Waals surface area contributed by atoms with E-state index in [2.05, 4.69) is 33.1 Å². The molecular formula is C13H20. The molecule has 0 heteroatoms. The second kappa shape index (κ2) is 4.45. The minimum atomic E-state index is 0.561. The van der Waals surface area contributed by atoms with Crippen LogP contribution in [0.2, 0.25) is 0 Å². The van der Waals surface area contributed by atoms with E-state index in [0.717, 1.165) is 5.92 Å². The van der Waals surface area contributed by atoms with Gasteiger partial charge in [-0.3, -0.25) is 0 Å². The van der Waals surface area contributed by atoms with Crippen molar-refractivity contribution in [1.82, 2.24) is 0 Å². The first kappa shape index (κ1) is 10.3. The summed E-state index contributed by atoms with van der Waals surface area (Å²) in [5, 5.41) is 0. The third-order valence-corrected chi connectivity index (χ3v) is 3.08. The summed E-state index contributed by atoms with van der Waals surface area (Å²) >= 11 is 0. The number of hydrogen-bond acceptors (Lipinski definition) is 0. The van der Waals surface area contributed by atoms with Gasteiger partial charge in [-0.15, -0.1) is 6.58 Å². The monoisotopic (exact) mass is 176 g/mol. The molecular weight excluding hydrogens is 156 g/mol. The van der Waals surface area contributed by atoms with Crippen LogP contribution in [0.25, 0.3) is 0 Å². The summed E-state index contributed by atoms with van der Waals surface area (Å²) in [7, 11) is 0. The van der Waals surface area contributed by atoms with Crippen LogP contribution in [0.5, 0.6) is 0 Å². The number of rotatable bonds is 3. The topological polar surface area (TPSA) is 0 Å². The van der Waals surface area contributed by atoms with Crippen molar-refractivity contribution in [3.63, 3.8) is 0 Å². The van der Waals surface area contributed by atoms with Gasteiger partial charge in [0.2, 0.25) is 0 Å². The Morgan fingerprint density at radius 3 is 2.77 bits per heavy atom. The van der Waals surface area contributed by atoms with Crippen molar-refractivity contribution in [2.45, 2.75) is 33.1 Å². The molecule has 0 radical (unpaired) electrons. The Labute approximate surface area is 82.0 Å². The van der Waals surface area contributed by atoms with Gasteiger partial charge in [-0.25, -0.2) is 0 Å². The highest BCUT2D eigenvalue weighted by Gasteiger charge is 2.16. The van der Waals surface area contributed by atoms with Gasteiger partial charge in [0.05, 0.1) is 0 Å². The predicted octanol–water partition coefficient (Wildman–Crippen LogP) is 4.11. The van der Waals surface area contributed by atoms with Crippen molar-refractivity contribution < 1.29 is 0 Å². The largest absolute Gasteiger partial charge is 0.102 e. The van der Waals surface area contributed by atoms with Crippen LogP contribution in [0.15, 0.2) is 36.5 Å². The molecule has 0 spiro atoms. The summed E-state index contributed by atoms with van der Waals surface area (Å²) in [4.78, 5) is 0. The van der Waals surface area contributed by atoms with Crippen LogP contribution >= 0.6 is 0 Å². The molecule has 0 aromatic carbocycles. The summed E-state index contributed by atoms with van der Waals surface area (Å²) in [6.07, 6.45) is 8.11. The second-order valence-electron chi connectivity index (χ2n) is 4.12. The molecule has 0 saturated carbocycles. The first-order valence-corrected chi connectivity index (χ1v) is 5.12. The third-order valence-electron chi connectivity index (χ3n) is 3.08. The van der Waals surface area contributed by atoms with Crippen molar-refractivity contribution in [3.05, 3.63) is 36.5 Å². The second-order valence-corrected chi connectivity index (χ2v) is 4.12. The van der Waals surface area contributed by atoms with Gasteiger partial charge in [-0.05, 0) is 38.0 Å². The van der Waals surface area contributed by atoms with Crippen LogP contribution in [-0.2, 0) is 0 Å². The van der Waals surface area contributed by atoms with E-state index in [1.54, 1.807) is 5.57 Å². The van der Waals surface area contributed by atoms with Crippen molar-refractivity contribution in [2.24, 2.45) is 11.8 Å². The lowest BCUT2D eigenvalue weighted by Gasteiger charge is -2.24. The fraction of sp³-hybridized carbons (Fsp3) is 0.538. The molecule has 1 unspecified atom stereocenters. The lowest BCUT2D eigenvalue weighted by atomic mass is 9.82. The van der Waals surface area contributed by atoms with Gasteiger partial charge in [0.15, 0.2) is 0 Å². The summed E-state index contributed by atoms with van der Waals surface area (Å²) < 4.78 is 0. The maximum Gasteiger partial charge on any atom is -0.00543 e. The molecule has 2 atom stereocenters. The normalized spacial score (nSPS) is 24.8. The van der Waals surface area contributed by atoms with Crippen molar-refractivity contribution in [1.29, 1.82) is 0 Å². The molecule has 13 heavy (non-hydrogen) atoms. The summed E-state index contributed by atoms with van der Waals surface area (Å²) in [6, 6.07) is 0. The van der Waals surface area contributed by atoms with Gasteiger partial charge in [0, 0.05) is 0 Å². The lowest BCUT2D eigenvalue weighted by molar-refractivity contribution is 0.521. The van der Waals surface area contributed by atoms with E-state index in [1.807, 2.05) is 6.08 Å². The summed E-state index contributed by atoms with van der Waals surface area (Å²) in [5.41, 5.74) is 2.90. The molecule has 0 aromatic rings. The molecule has 72 valence electrons. The molecule has 0 saturated heterocycles. The fourth-order valence-corrected chi connectivity index (χ4v) is 1.87. The van der Waals surface area contributed by atoms with Crippen LogP contribution in [0.3, 0.4) is 0 Å². The van der Waals surface area contributed by atoms with E-state index in [9.17, 15) is 0 Å². The average Bonchev–Trinajstić information content (AvgIpc) is 2.17.